The average molecular weight is 425 g/mol. The zero-order chi connectivity index (χ0) is 21.0. The second-order valence-corrected chi connectivity index (χ2v) is 21.5. The molecule has 1 aliphatic rings. The molecule has 1 unspecified atom stereocenters. The zero-order valence-electron chi connectivity index (χ0n) is 18.9. The second kappa shape index (κ2) is 9.33. The van der Waals surface area contributed by atoms with Crippen molar-refractivity contribution in [3.63, 3.8) is 0 Å². The molecule has 0 amide bonds. The molecule has 1 aliphatic carbocycles. The molecule has 0 spiro atoms. The van der Waals surface area contributed by atoms with Crippen molar-refractivity contribution in [3.8, 4) is 0 Å². The largest absolute Gasteiger partial charge is 0.511 e. The Hall–Kier alpha value is -0.509. The van der Waals surface area contributed by atoms with E-state index in [1.807, 2.05) is 0 Å². The van der Waals surface area contributed by atoms with Crippen molar-refractivity contribution in [2.75, 3.05) is 21.3 Å². The number of hydrogen-bond acceptors (Lipinski definition) is 3. The van der Waals surface area contributed by atoms with E-state index in [4.69, 9.17) is 13.3 Å². The molecule has 6 heteroatoms. The van der Waals surface area contributed by atoms with E-state index in [1.54, 1.807) is 31.7 Å². The van der Waals surface area contributed by atoms with E-state index in [9.17, 15) is 0 Å². The van der Waals surface area contributed by atoms with Crippen molar-refractivity contribution in [1.82, 2.24) is 0 Å². The lowest BCUT2D eigenvalue weighted by Crippen LogP contribution is -2.48. The molecule has 0 N–H and O–H groups in total. The third-order valence-electron chi connectivity index (χ3n) is 5.80. The Kier molecular flexibility index (Phi) is 8.47. The topological polar surface area (TPSA) is 27.7 Å². The van der Waals surface area contributed by atoms with Gasteiger partial charge in [-0.1, -0.05) is 74.2 Å². The van der Waals surface area contributed by atoms with Crippen LogP contribution in [-0.4, -0.2) is 46.3 Å². The minimum atomic E-state index is -2.84. The van der Waals surface area contributed by atoms with Crippen LogP contribution in [0, 0.1) is 5.92 Å². The summed E-state index contributed by atoms with van der Waals surface area (Å²) < 4.78 is 17.8. The summed E-state index contributed by atoms with van der Waals surface area (Å²) in [4.78, 5) is 0. The van der Waals surface area contributed by atoms with E-state index in [-0.39, 0.29) is 5.54 Å². The minimum Gasteiger partial charge on any atom is -0.376 e. The molecule has 1 rings (SSSR count). The van der Waals surface area contributed by atoms with Crippen molar-refractivity contribution in [3.05, 3.63) is 47.4 Å². The molecule has 1 atom stereocenters. The molecule has 27 heavy (non-hydrogen) atoms. The van der Waals surface area contributed by atoms with Crippen molar-refractivity contribution in [1.29, 1.82) is 0 Å². The Morgan fingerprint density at radius 2 is 1.37 bits per heavy atom. The zero-order valence-corrected chi connectivity index (χ0v) is 21.9. The van der Waals surface area contributed by atoms with Crippen LogP contribution >= 0.6 is 0 Å². The first kappa shape index (κ1) is 24.5. The second-order valence-electron chi connectivity index (χ2n) is 9.01. The molecule has 0 saturated carbocycles. The predicted octanol–water partition coefficient (Wildman–Crippen LogP) is 5.99. The van der Waals surface area contributed by atoms with Gasteiger partial charge in [0.25, 0.3) is 0 Å². The van der Waals surface area contributed by atoms with Gasteiger partial charge in [-0.05, 0) is 18.0 Å². The Labute approximate surface area is 170 Å². The normalized spacial score (nSPS) is 18.9. The Morgan fingerprint density at radius 1 is 0.926 bits per heavy atom. The van der Waals surface area contributed by atoms with Crippen molar-refractivity contribution < 1.29 is 13.3 Å². The molecule has 0 heterocycles. The highest BCUT2D eigenvalue weighted by atomic mass is 28.4. The highest BCUT2D eigenvalue weighted by molar-refractivity contribution is 6.94. The molecule has 0 radical (unpaired) electrons. The maximum absolute atomic E-state index is 5.95. The fourth-order valence-electron chi connectivity index (χ4n) is 4.47. The quantitative estimate of drug-likeness (QED) is 0.301. The molecule has 0 aromatic rings. The first-order valence-corrected chi connectivity index (χ1v) is 18.0. The summed E-state index contributed by atoms with van der Waals surface area (Å²) in [7, 11) is -1.05. The first-order valence-electron chi connectivity index (χ1n) is 9.82. The highest BCUT2D eigenvalue weighted by Crippen LogP contribution is 2.51. The third-order valence-corrected chi connectivity index (χ3v) is 15.4. The van der Waals surface area contributed by atoms with Gasteiger partial charge in [-0.25, -0.2) is 0 Å². The summed E-state index contributed by atoms with van der Waals surface area (Å²) in [6.45, 7) is 22.5. The van der Waals surface area contributed by atoms with Gasteiger partial charge in [-0.3, -0.25) is 0 Å². The van der Waals surface area contributed by atoms with Gasteiger partial charge < -0.3 is 13.3 Å². The lowest BCUT2D eigenvalue weighted by atomic mass is 10.0. The van der Waals surface area contributed by atoms with Gasteiger partial charge >= 0.3 is 8.80 Å². The van der Waals surface area contributed by atoms with E-state index in [0.29, 0.717) is 5.92 Å². The van der Waals surface area contributed by atoms with Crippen LogP contribution in [0.25, 0.3) is 0 Å². The average Bonchev–Trinajstić information content (AvgIpc) is 3.00. The Balaban J connectivity index is 3.85. The van der Waals surface area contributed by atoms with Crippen LogP contribution in [-0.2, 0) is 13.3 Å². The summed E-state index contributed by atoms with van der Waals surface area (Å²) in [5.74, 6) is 0.413. The van der Waals surface area contributed by atoms with E-state index in [0.717, 1.165) is 12.1 Å². The van der Waals surface area contributed by atoms with Gasteiger partial charge in [0.2, 0.25) is 0 Å². The molecule has 3 nitrogen and oxygen atoms in total. The smallest absolute Gasteiger partial charge is 0.376 e. The number of hydrogen-bond donors (Lipinski definition) is 0. The predicted molar refractivity (Wildman–Crippen MR) is 125 cm³/mol. The van der Waals surface area contributed by atoms with E-state index in [2.05, 4.69) is 71.4 Å². The molecule has 0 aromatic carbocycles. The highest BCUT2D eigenvalue weighted by Gasteiger charge is 2.54. The van der Waals surface area contributed by atoms with E-state index in [1.165, 1.54) is 5.57 Å². The molecular formula is C21H40O3Si3. The van der Waals surface area contributed by atoms with Gasteiger partial charge in [-0.15, -0.1) is 13.2 Å². The summed E-state index contributed by atoms with van der Waals surface area (Å²) >= 11 is 0. The summed E-state index contributed by atoms with van der Waals surface area (Å²) in [5.41, 5.74) is 1.57. The molecule has 0 aromatic heterocycles. The Morgan fingerprint density at radius 3 is 1.74 bits per heavy atom. The van der Waals surface area contributed by atoms with Crippen LogP contribution in [0.3, 0.4) is 0 Å². The van der Waals surface area contributed by atoms with Gasteiger partial charge in [0.15, 0.2) is 0 Å². The van der Waals surface area contributed by atoms with Gasteiger partial charge in [0.05, 0.1) is 21.7 Å². The fraction of sp³-hybridized carbons (Fsp3) is 0.619. The summed E-state index contributed by atoms with van der Waals surface area (Å²) in [6.07, 6.45) is 6.64. The SMILES string of the molecule is C=CC[Si](C)(C)C1=CC([Si](OC)(OC)OC)C(C(C)C)=C1[Si](C)(C)CC=C. The standard InChI is InChI=1S/C21H40O3Si3/c1-12-14-25(8,9)19-16-18(27(22-5,23-6)24-7)20(17(3)4)21(19)26(10,11)15-13-2/h12-13,16-18H,1-2,14-15H2,3-11H3. The van der Waals surface area contributed by atoms with Crippen LogP contribution in [0.4, 0.5) is 0 Å². The monoisotopic (exact) mass is 424 g/mol. The van der Waals surface area contributed by atoms with Crippen LogP contribution < -0.4 is 0 Å². The van der Waals surface area contributed by atoms with Crippen LogP contribution in [0.2, 0.25) is 43.8 Å². The van der Waals surface area contributed by atoms with Crippen molar-refractivity contribution in [2.45, 2.75) is 57.7 Å². The summed E-state index contributed by atoms with van der Waals surface area (Å²) in [5, 5.41) is 3.18. The minimum absolute atomic E-state index is 0.0932. The van der Waals surface area contributed by atoms with Crippen LogP contribution in [0.5, 0.6) is 0 Å². The van der Waals surface area contributed by atoms with Gasteiger partial charge in [0, 0.05) is 21.3 Å². The fourth-order valence-corrected chi connectivity index (χ4v) is 14.7. The van der Waals surface area contributed by atoms with E-state index >= 15 is 0 Å². The van der Waals surface area contributed by atoms with Gasteiger partial charge in [0.1, 0.15) is 0 Å². The van der Waals surface area contributed by atoms with E-state index < -0.39 is 25.0 Å². The number of rotatable bonds is 11. The van der Waals surface area contributed by atoms with Crippen LogP contribution in [0.15, 0.2) is 47.4 Å². The lowest BCUT2D eigenvalue weighted by Gasteiger charge is -2.36. The third kappa shape index (κ3) is 4.74. The molecule has 0 bridgehead atoms. The van der Waals surface area contributed by atoms with Crippen molar-refractivity contribution >= 4 is 25.0 Å². The molecule has 154 valence electrons. The molecule has 0 aliphatic heterocycles. The van der Waals surface area contributed by atoms with Crippen molar-refractivity contribution in [2.24, 2.45) is 5.92 Å². The first-order chi connectivity index (χ1) is 12.5. The van der Waals surface area contributed by atoms with Gasteiger partial charge in [-0.2, -0.15) is 0 Å². The Bertz CT molecular complexity index is 606. The maximum Gasteiger partial charge on any atom is 0.511 e. The molecular weight excluding hydrogens is 384 g/mol. The maximum atomic E-state index is 5.95. The number of allylic oxidation sites excluding steroid dienone is 6. The molecule has 0 saturated heterocycles. The van der Waals surface area contributed by atoms with Crippen LogP contribution in [0.1, 0.15) is 13.8 Å². The summed E-state index contributed by atoms with van der Waals surface area (Å²) in [6, 6.07) is 2.14. The molecule has 0 fully saturated rings. The lowest BCUT2D eigenvalue weighted by molar-refractivity contribution is 0.119.